The van der Waals surface area contributed by atoms with Crippen LogP contribution < -0.4 is 10.1 Å². The van der Waals surface area contributed by atoms with Crippen molar-refractivity contribution in [3.05, 3.63) is 23.8 Å². The van der Waals surface area contributed by atoms with Gasteiger partial charge in [-0.25, -0.2) is 0 Å². The van der Waals surface area contributed by atoms with Crippen LogP contribution in [-0.4, -0.2) is 31.8 Å². The first-order valence-electron chi connectivity index (χ1n) is 5.64. The molecule has 0 saturated heterocycles. The highest BCUT2D eigenvalue weighted by Gasteiger charge is 2.17. The van der Waals surface area contributed by atoms with E-state index in [0.717, 1.165) is 6.07 Å². The minimum atomic E-state index is -4.44. The van der Waals surface area contributed by atoms with Crippen molar-refractivity contribution < 1.29 is 27.3 Å². The molecular formula is C12H15NO6S. The standard InChI is InChI=1S/C12H15NO6S/c1-8(14)5-12(15)13-7-9-3-4-10(19-2)6-11(9)20(16,17)18/h3-4,6H,5,7H2,1-2H3,(H,13,15)(H,16,17,18). The van der Waals surface area contributed by atoms with Crippen LogP contribution in [0.25, 0.3) is 0 Å². The van der Waals surface area contributed by atoms with Gasteiger partial charge in [0.1, 0.15) is 16.4 Å². The predicted octanol–water partition coefficient (Wildman–Crippen LogP) is 0.537. The molecule has 8 heteroatoms. The number of benzene rings is 1. The number of amides is 1. The van der Waals surface area contributed by atoms with Gasteiger partial charge in [-0.2, -0.15) is 8.42 Å². The second kappa shape index (κ2) is 6.49. The van der Waals surface area contributed by atoms with Gasteiger partial charge in [0.15, 0.2) is 0 Å². The van der Waals surface area contributed by atoms with Crippen molar-refractivity contribution in [1.29, 1.82) is 0 Å². The number of rotatable bonds is 6. The summed E-state index contributed by atoms with van der Waals surface area (Å²) in [4.78, 5) is 21.8. The van der Waals surface area contributed by atoms with Gasteiger partial charge in [0.2, 0.25) is 5.91 Å². The Morgan fingerprint density at radius 2 is 2.00 bits per heavy atom. The summed E-state index contributed by atoms with van der Waals surface area (Å²) in [6.07, 6.45) is -0.280. The first-order chi connectivity index (χ1) is 9.24. The van der Waals surface area contributed by atoms with Crippen LogP contribution in [-0.2, 0) is 26.3 Å². The molecule has 20 heavy (non-hydrogen) atoms. The fourth-order valence-corrected chi connectivity index (χ4v) is 2.27. The number of nitrogens with one attached hydrogen (secondary N) is 1. The van der Waals surface area contributed by atoms with Crippen molar-refractivity contribution in [1.82, 2.24) is 5.32 Å². The molecule has 0 bridgehead atoms. The van der Waals surface area contributed by atoms with Crippen molar-refractivity contribution in [2.24, 2.45) is 0 Å². The third-order valence-electron chi connectivity index (χ3n) is 2.44. The molecule has 1 amide bonds. The zero-order chi connectivity index (χ0) is 15.3. The number of hydrogen-bond acceptors (Lipinski definition) is 5. The lowest BCUT2D eigenvalue weighted by molar-refractivity contribution is -0.127. The van der Waals surface area contributed by atoms with Gasteiger partial charge in [-0.1, -0.05) is 6.07 Å². The lowest BCUT2D eigenvalue weighted by Gasteiger charge is -2.10. The molecule has 0 aliphatic rings. The highest BCUT2D eigenvalue weighted by Crippen LogP contribution is 2.22. The third-order valence-corrected chi connectivity index (χ3v) is 3.37. The normalized spacial score (nSPS) is 10.9. The van der Waals surface area contributed by atoms with E-state index in [0.29, 0.717) is 0 Å². The van der Waals surface area contributed by atoms with Gasteiger partial charge in [0.05, 0.1) is 13.5 Å². The Labute approximate surface area is 116 Å². The van der Waals surface area contributed by atoms with Crippen molar-refractivity contribution in [3.63, 3.8) is 0 Å². The molecule has 1 aromatic rings. The maximum Gasteiger partial charge on any atom is 0.294 e. The summed E-state index contributed by atoms with van der Waals surface area (Å²) in [5.41, 5.74) is 0.199. The van der Waals surface area contributed by atoms with Crippen LogP contribution in [0, 0.1) is 0 Å². The number of hydrogen-bond donors (Lipinski definition) is 2. The van der Waals surface area contributed by atoms with E-state index in [1.807, 2.05) is 0 Å². The SMILES string of the molecule is COc1ccc(CNC(=O)CC(C)=O)c(S(=O)(=O)O)c1. The van der Waals surface area contributed by atoms with Crippen LogP contribution in [0.4, 0.5) is 0 Å². The third kappa shape index (κ3) is 4.63. The summed E-state index contributed by atoms with van der Waals surface area (Å²) in [6, 6.07) is 4.07. The number of methoxy groups -OCH3 is 1. The molecule has 0 fully saturated rings. The summed E-state index contributed by atoms with van der Waals surface area (Å²) in [5.74, 6) is -0.557. The maximum absolute atomic E-state index is 11.3. The van der Waals surface area contributed by atoms with Crippen LogP contribution >= 0.6 is 0 Å². The van der Waals surface area contributed by atoms with Gasteiger partial charge < -0.3 is 10.1 Å². The number of Topliss-reactive ketones (excluding diaryl/α,β-unsaturated/α-hetero) is 1. The van der Waals surface area contributed by atoms with E-state index in [-0.39, 0.29) is 35.0 Å². The molecule has 1 rings (SSSR count). The van der Waals surface area contributed by atoms with Gasteiger partial charge in [0, 0.05) is 12.6 Å². The highest BCUT2D eigenvalue weighted by atomic mass is 32.2. The summed E-state index contributed by atoms with van der Waals surface area (Å²) < 4.78 is 36.6. The van der Waals surface area contributed by atoms with Crippen molar-refractivity contribution in [2.45, 2.75) is 24.8 Å². The largest absolute Gasteiger partial charge is 0.497 e. The average Bonchev–Trinajstić information content (AvgIpc) is 2.34. The topological polar surface area (TPSA) is 110 Å². The Kier molecular flexibility index (Phi) is 5.23. The number of carbonyl (C=O) groups is 2. The Bertz CT molecular complexity index is 623. The number of ketones is 1. The Balaban J connectivity index is 2.95. The lowest BCUT2D eigenvalue weighted by atomic mass is 10.2. The number of ether oxygens (including phenoxy) is 1. The second-order valence-corrected chi connectivity index (χ2v) is 5.49. The average molecular weight is 301 g/mol. The monoisotopic (exact) mass is 301 g/mol. The van der Waals surface area contributed by atoms with Gasteiger partial charge in [0.25, 0.3) is 10.1 Å². The number of carbonyl (C=O) groups excluding carboxylic acids is 2. The van der Waals surface area contributed by atoms with Crippen molar-refractivity contribution in [2.75, 3.05) is 7.11 Å². The summed E-state index contributed by atoms with van der Waals surface area (Å²) >= 11 is 0. The molecule has 0 heterocycles. The molecule has 1 aromatic carbocycles. The Morgan fingerprint density at radius 3 is 2.50 bits per heavy atom. The van der Waals surface area contributed by atoms with E-state index < -0.39 is 16.0 Å². The minimum Gasteiger partial charge on any atom is -0.497 e. The van der Waals surface area contributed by atoms with Crippen LogP contribution in [0.15, 0.2) is 23.1 Å². The fourth-order valence-electron chi connectivity index (χ4n) is 1.53. The molecule has 7 nitrogen and oxygen atoms in total. The first kappa shape index (κ1) is 16.1. The predicted molar refractivity (Wildman–Crippen MR) is 70.0 cm³/mol. The van der Waals surface area contributed by atoms with E-state index in [9.17, 15) is 18.0 Å². The molecule has 0 saturated carbocycles. The van der Waals surface area contributed by atoms with E-state index in [1.165, 1.54) is 26.2 Å². The smallest absolute Gasteiger partial charge is 0.294 e. The van der Waals surface area contributed by atoms with Crippen molar-refractivity contribution in [3.8, 4) is 5.75 Å². The van der Waals surface area contributed by atoms with Crippen LogP contribution in [0.3, 0.4) is 0 Å². The molecule has 0 aliphatic carbocycles. The molecule has 0 unspecified atom stereocenters. The molecule has 0 radical (unpaired) electrons. The van der Waals surface area contributed by atoms with E-state index in [4.69, 9.17) is 9.29 Å². The van der Waals surface area contributed by atoms with Crippen LogP contribution in [0.5, 0.6) is 5.75 Å². The Morgan fingerprint density at radius 1 is 1.35 bits per heavy atom. The lowest BCUT2D eigenvalue weighted by Crippen LogP contribution is -2.25. The van der Waals surface area contributed by atoms with E-state index in [1.54, 1.807) is 0 Å². The zero-order valence-electron chi connectivity index (χ0n) is 11.0. The summed E-state index contributed by atoms with van der Waals surface area (Å²) in [7, 11) is -3.08. The highest BCUT2D eigenvalue weighted by molar-refractivity contribution is 7.85. The van der Waals surface area contributed by atoms with Crippen LogP contribution in [0.1, 0.15) is 18.9 Å². The summed E-state index contributed by atoms with van der Waals surface area (Å²) in [6.45, 7) is 1.15. The zero-order valence-corrected chi connectivity index (χ0v) is 11.9. The van der Waals surface area contributed by atoms with Crippen LogP contribution in [0.2, 0.25) is 0 Å². The van der Waals surface area contributed by atoms with Crippen molar-refractivity contribution >= 4 is 21.8 Å². The van der Waals surface area contributed by atoms with Gasteiger partial charge in [-0.3, -0.25) is 14.1 Å². The fraction of sp³-hybridized carbons (Fsp3) is 0.333. The Hall–Kier alpha value is -1.93. The first-order valence-corrected chi connectivity index (χ1v) is 7.08. The molecule has 2 N–H and O–H groups in total. The maximum atomic E-state index is 11.3. The quantitative estimate of drug-likeness (QED) is 0.586. The minimum absolute atomic E-state index is 0.120. The molecule has 0 spiro atoms. The van der Waals surface area contributed by atoms with Gasteiger partial charge in [-0.05, 0) is 18.6 Å². The molecule has 0 atom stereocenters. The van der Waals surface area contributed by atoms with Gasteiger partial charge in [-0.15, -0.1) is 0 Å². The van der Waals surface area contributed by atoms with E-state index >= 15 is 0 Å². The van der Waals surface area contributed by atoms with Gasteiger partial charge >= 0.3 is 0 Å². The molecule has 110 valence electrons. The van der Waals surface area contributed by atoms with E-state index in [2.05, 4.69) is 5.32 Å². The molecular weight excluding hydrogens is 286 g/mol. The molecule has 0 aromatic heterocycles. The molecule has 0 aliphatic heterocycles. The second-order valence-electron chi connectivity index (χ2n) is 4.10. The summed E-state index contributed by atoms with van der Waals surface area (Å²) in [5, 5.41) is 2.40.